The lowest BCUT2D eigenvalue weighted by Crippen LogP contribution is -2.37. The van der Waals surface area contributed by atoms with Gasteiger partial charge in [0.25, 0.3) is 0 Å². The maximum Gasteiger partial charge on any atom is 0.225 e. The summed E-state index contributed by atoms with van der Waals surface area (Å²) in [6, 6.07) is 0.0507. The molecule has 7 heteroatoms. The first kappa shape index (κ1) is 19.1. The standard InChI is InChI=1S/C21H30N6O/c1-13(27-16(4)14(2)15(3)25-27)9-20(28)26-8-6-19-18(12-26)11-23-21(24-19)17-5-7-22-10-17/h11,13,17,22H,5-10,12H2,1-4H3/t13-,17-/m1/s1. The Bertz CT molecular complexity index is 883. The van der Waals surface area contributed by atoms with Gasteiger partial charge in [-0.05, 0) is 46.2 Å². The number of carbonyl (C=O) groups is 1. The molecule has 0 radical (unpaired) electrons. The molecule has 4 rings (SSSR count). The first-order chi connectivity index (χ1) is 13.4. The Balaban J connectivity index is 1.42. The number of nitrogens with one attached hydrogen (secondary N) is 1. The van der Waals surface area contributed by atoms with Crippen molar-refractivity contribution in [3.8, 4) is 0 Å². The second kappa shape index (κ2) is 7.62. The van der Waals surface area contributed by atoms with Crippen molar-refractivity contribution in [1.29, 1.82) is 0 Å². The van der Waals surface area contributed by atoms with Gasteiger partial charge in [0.1, 0.15) is 5.82 Å². The van der Waals surface area contributed by atoms with E-state index < -0.39 is 0 Å². The molecule has 1 fully saturated rings. The van der Waals surface area contributed by atoms with Crippen LogP contribution >= 0.6 is 0 Å². The summed E-state index contributed by atoms with van der Waals surface area (Å²) in [5.41, 5.74) is 5.59. The van der Waals surface area contributed by atoms with Crippen molar-refractivity contribution in [1.82, 2.24) is 30.0 Å². The zero-order chi connectivity index (χ0) is 19.8. The van der Waals surface area contributed by atoms with E-state index in [4.69, 9.17) is 4.98 Å². The zero-order valence-electron chi connectivity index (χ0n) is 17.3. The molecule has 0 saturated carbocycles. The number of amides is 1. The highest BCUT2D eigenvalue weighted by Gasteiger charge is 2.26. The molecule has 150 valence electrons. The van der Waals surface area contributed by atoms with Crippen LogP contribution in [0.15, 0.2) is 6.20 Å². The van der Waals surface area contributed by atoms with Crippen molar-refractivity contribution in [3.63, 3.8) is 0 Å². The molecule has 2 aromatic rings. The first-order valence-electron chi connectivity index (χ1n) is 10.3. The van der Waals surface area contributed by atoms with Gasteiger partial charge in [-0.2, -0.15) is 5.10 Å². The molecule has 7 nitrogen and oxygen atoms in total. The maximum absolute atomic E-state index is 12.9. The van der Waals surface area contributed by atoms with Gasteiger partial charge in [-0.15, -0.1) is 0 Å². The Labute approximate surface area is 166 Å². The Morgan fingerprint density at radius 1 is 1.36 bits per heavy atom. The predicted molar refractivity (Wildman–Crippen MR) is 107 cm³/mol. The van der Waals surface area contributed by atoms with E-state index >= 15 is 0 Å². The normalized spacial score (nSPS) is 20.3. The topological polar surface area (TPSA) is 75.9 Å². The minimum Gasteiger partial charge on any atom is -0.338 e. The molecule has 1 amide bonds. The molecular weight excluding hydrogens is 352 g/mol. The third kappa shape index (κ3) is 3.55. The summed E-state index contributed by atoms with van der Waals surface area (Å²) < 4.78 is 1.99. The van der Waals surface area contributed by atoms with Gasteiger partial charge in [-0.3, -0.25) is 9.48 Å². The van der Waals surface area contributed by atoms with E-state index in [0.29, 0.717) is 18.9 Å². The van der Waals surface area contributed by atoms with Crippen molar-refractivity contribution in [2.24, 2.45) is 0 Å². The summed E-state index contributed by atoms with van der Waals surface area (Å²) in [6.07, 6.45) is 4.31. The molecule has 0 spiro atoms. The number of hydrogen-bond donors (Lipinski definition) is 1. The average Bonchev–Trinajstić information content (AvgIpc) is 3.32. The van der Waals surface area contributed by atoms with Gasteiger partial charge in [0, 0.05) is 55.8 Å². The molecule has 28 heavy (non-hydrogen) atoms. The number of fused-ring (bicyclic) bond motifs is 1. The molecule has 0 unspecified atom stereocenters. The lowest BCUT2D eigenvalue weighted by molar-refractivity contribution is -0.133. The number of rotatable bonds is 4. The summed E-state index contributed by atoms with van der Waals surface area (Å²) in [6.45, 7) is 11.6. The minimum absolute atomic E-state index is 0.0507. The molecule has 2 aromatic heterocycles. The van der Waals surface area contributed by atoms with Crippen LogP contribution in [0.2, 0.25) is 0 Å². The van der Waals surface area contributed by atoms with E-state index in [0.717, 1.165) is 60.9 Å². The van der Waals surface area contributed by atoms with Crippen molar-refractivity contribution < 1.29 is 4.79 Å². The first-order valence-corrected chi connectivity index (χ1v) is 10.3. The summed E-state index contributed by atoms with van der Waals surface area (Å²) in [4.78, 5) is 24.3. The van der Waals surface area contributed by atoms with E-state index in [9.17, 15) is 4.79 Å². The van der Waals surface area contributed by atoms with Gasteiger partial charge in [0.2, 0.25) is 5.91 Å². The van der Waals surface area contributed by atoms with Gasteiger partial charge >= 0.3 is 0 Å². The second-order valence-electron chi connectivity index (χ2n) is 8.25. The monoisotopic (exact) mass is 382 g/mol. The van der Waals surface area contributed by atoms with Crippen LogP contribution in [-0.2, 0) is 17.8 Å². The van der Waals surface area contributed by atoms with Crippen molar-refractivity contribution in [2.45, 2.75) is 65.5 Å². The molecule has 0 bridgehead atoms. The van der Waals surface area contributed by atoms with Crippen LogP contribution in [0.1, 0.15) is 65.8 Å². The number of hydrogen-bond acceptors (Lipinski definition) is 5. The molecule has 0 aliphatic carbocycles. The maximum atomic E-state index is 12.9. The third-order valence-electron chi connectivity index (χ3n) is 6.31. The third-order valence-corrected chi connectivity index (χ3v) is 6.31. The fraction of sp³-hybridized carbons (Fsp3) is 0.619. The number of nitrogens with zero attached hydrogens (tertiary/aromatic N) is 5. The minimum atomic E-state index is 0.0507. The average molecular weight is 383 g/mol. The number of carbonyl (C=O) groups excluding carboxylic acids is 1. The molecule has 4 heterocycles. The highest BCUT2D eigenvalue weighted by atomic mass is 16.2. The quantitative estimate of drug-likeness (QED) is 0.877. The van der Waals surface area contributed by atoms with Crippen LogP contribution in [0.25, 0.3) is 0 Å². The van der Waals surface area contributed by atoms with E-state index in [-0.39, 0.29) is 11.9 Å². The van der Waals surface area contributed by atoms with Crippen molar-refractivity contribution >= 4 is 5.91 Å². The lowest BCUT2D eigenvalue weighted by Gasteiger charge is -2.29. The fourth-order valence-electron chi connectivity index (χ4n) is 4.26. The van der Waals surface area contributed by atoms with E-state index in [1.54, 1.807) is 0 Å². The fourth-order valence-corrected chi connectivity index (χ4v) is 4.26. The van der Waals surface area contributed by atoms with E-state index in [1.165, 1.54) is 5.56 Å². The molecule has 2 aliphatic heterocycles. The molecule has 2 aliphatic rings. The number of aryl methyl sites for hydroxylation is 1. The molecular formula is C21H30N6O. The zero-order valence-corrected chi connectivity index (χ0v) is 17.3. The predicted octanol–water partition coefficient (Wildman–Crippen LogP) is 2.21. The highest BCUT2D eigenvalue weighted by molar-refractivity contribution is 5.77. The van der Waals surface area contributed by atoms with Gasteiger partial charge in [-0.1, -0.05) is 0 Å². The Hall–Kier alpha value is -2.28. The molecule has 1 N–H and O–H groups in total. The summed E-state index contributed by atoms with van der Waals surface area (Å²) in [7, 11) is 0. The SMILES string of the molecule is Cc1nn([C@H](C)CC(=O)N2CCc3nc([C@@H]4CCNC4)ncc3C2)c(C)c1C. The highest BCUT2D eigenvalue weighted by Crippen LogP contribution is 2.24. The van der Waals surface area contributed by atoms with Crippen LogP contribution in [0, 0.1) is 20.8 Å². The number of aromatic nitrogens is 4. The van der Waals surface area contributed by atoms with Crippen LogP contribution in [0.4, 0.5) is 0 Å². The summed E-state index contributed by atoms with van der Waals surface area (Å²) in [5, 5.41) is 7.99. The largest absolute Gasteiger partial charge is 0.338 e. The van der Waals surface area contributed by atoms with E-state index in [1.807, 2.05) is 22.7 Å². The Morgan fingerprint density at radius 3 is 2.86 bits per heavy atom. The van der Waals surface area contributed by atoms with E-state index in [2.05, 4.69) is 36.2 Å². The second-order valence-corrected chi connectivity index (χ2v) is 8.25. The van der Waals surface area contributed by atoms with Gasteiger partial charge in [-0.25, -0.2) is 9.97 Å². The van der Waals surface area contributed by atoms with Crippen LogP contribution in [0.5, 0.6) is 0 Å². The van der Waals surface area contributed by atoms with Crippen LogP contribution in [-0.4, -0.2) is 50.2 Å². The van der Waals surface area contributed by atoms with Gasteiger partial charge < -0.3 is 10.2 Å². The summed E-state index contributed by atoms with van der Waals surface area (Å²) in [5.74, 6) is 1.56. The molecule has 2 atom stereocenters. The van der Waals surface area contributed by atoms with Gasteiger partial charge in [0.05, 0.1) is 17.4 Å². The lowest BCUT2D eigenvalue weighted by atomic mass is 10.0. The van der Waals surface area contributed by atoms with Crippen molar-refractivity contribution in [3.05, 3.63) is 40.2 Å². The van der Waals surface area contributed by atoms with Crippen LogP contribution < -0.4 is 5.32 Å². The van der Waals surface area contributed by atoms with Crippen molar-refractivity contribution in [2.75, 3.05) is 19.6 Å². The Kier molecular flexibility index (Phi) is 5.19. The van der Waals surface area contributed by atoms with Crippen LogP contribution in [0.3, 0.4) is 0 Å². The Morgan fingerprint density at radius 2 is 2.18 bits per heavy atom. The summed E-state index contributed by atoms with van der Waals surface area (Å²) >= 11 is 0. The molecule has 0 aromatic carbocycles. The van der Waals surface area contributed by atoms with Gasteiger partial charge in [0.15, 0.2) is 0 Å². The molecule has 1 saturated heterocycles. The smallest absolute Gasteiger partial charge is 0.225 e.